The van der Waals surface area contributed by atoms with Gasteiger partial charge in [0.2, 0.25) is 0 Å². The molecule has 0 aliphatic carbocycles. The molecule has 9 rings (SSSR count). The molecule has 1 aliphatic rings. The van der Waals surface area contributed by atoms with Gasteiger partial charge in [-0.25, -0.2) is 0 Å². The Bertz CT molecular complexity index is 3140. The smallest absolute Gasteiger partial charge is 0.261 e. The number of hydrogen-bond donors (Lipinski definition) is 0. The van der Waals surface area contributed by atoms with E-state index >= 15 is 0 Å². The van der Waals surface area contributed by atoms with Crippen LogP contribution in [0, 0.1) is 11.3 Å². The summed E-state index contributed by atoms with van der Waals surface area (Å²) < 4.78 is 4.67. The zero-order chi connectivity index (χ0) is 44.6. The van der Waals surface area contributed by atoms with Crippen molar-refractivity contribution in [2.24, 2.45) is 0 Å². The van der Waals surface area contributed by atoms with Crippen LogP contribution in [0.3, 0.4) is 0 Å². The van der Waals surface area contributed by atoms with Crippen molar-refractivity contribution in [3.8, 4) is 28.6 Å². The summed E-state index contributed by atoms with van der Waals surface area (Å²) in [5, 5.41) is 15.7. The van der Waals surface area contributed by atoms with Gasteiger partial charge in [-0.2, -0.15) is 5.26 Å². The fourth-order valence-electron chi connectivity index (χ4n) is 9.31. The highest BCUT2D eigenvalue weighted by atomic mass is 16.2. The Kier molecular flexibility index (Phi) is 8.93. The summed E-state index contributed by atoms with van der Waals surface area (Å²) in [5.41, 5.74) is 12.7. The number of nitrogens with zero attached hydrogens (tertiary/aromatic N) is 4. The average Bonchev–Trinajstić information content (AvgIpc) is 3.79. The monoisotopic (exact) mass is 816 g/mol. The first-order chi connectivity index (χ1) is 29.0. The summed E-state index contributed by atoms with van der Waals surface area (Å²) in [4.78, 5) is 28.4. The summed E-state index contributed by atoms with van der Waals surface area (Å²) in [7, 11) is 1.52. The summed E-state index contributed by atoms with van der Waals surface area (Å²) >= 11 is 0. The molecule has 0 radical (unpaired) electrons. The highest BCUT2D eigenvalue weighted by Crippen LogP contribution is 2.45. The van der Waals surface area contributed by atoms with Gasteiger partial charge >= 0.3 is 0 Å². The molecule has 0 atom stereocenters. The molecule has 0 spiro atoms. The first-order valence-corrected chi connectivity index (χ1v) is 21.7. The third-order valence-corrected chi connectivity index (χ3v) is 13.1. The third-order valence-electron chi connectivity index (χ3n) is 13.1. The van der Waals surface area contributed by atoms with E-state index in [4.69, 9.17) is 0 Å². The van der Waals surface area contributed by atoms with Crippen LogP contribution in [0.25, 0.3) is 66.1 Å². The van der Waals surface area contributed by atoms with E-state index in [-0.39, 0.29) is 33.5 Å². The van der Waals surface area contributed by atoms with E-state index in [1.807, 2.05) is 18.2 Å². The lowest BCUT2D eigenvalue weighted by Gasteiger charge is -2.22. The maximum Gasteiger partial charge on any atom is 0.261 e. The number of rotatable bonds is 3. The van der Waals surface area contributed by atoms with Gasteiger partial charge < -0.3 is 9.13 Å². The molecular formula is C56H56N4O2. The van der Waals surface area contributed by atoms with Gasteiger partial charge in [0.15, 0.2) is 0 Å². The van der Waals surface area contributed by atoms with E-state index in [1.165, 1.54) is 29.3 Å². The molecular weight excluding hydrogens is 761 g/mol. The minimum atomic E-state index is -0.372. The minimum absolute atomic E-state index is 0.0747. The molecule has 3 heterocycles. The van der Waals surface area contributed by atoms with Crippen LogP contribution in [0.5, 0.6) is 0 Å². The Morgan fingerprint density at radius 3 is 1.15 bits per heavy atom. The van der Waals surface area contributed by atoms with Gasteiger partial charge in [-0.3, -0.25) is 14.5 Å². The maximum absolute atomic E-state index is 13.8. The van der Waals surface area contributed by atoms with Gasteiger partial charge in [-0.1, -0.05) is 119 Å². The summed E-state index contributed by atoms with van der Waals surface area (Å²) in [5.74, 6) is -0.716. The number of aromatic nitrogens is 2. The molecule has 0 saturated heterocycles. The highest BCUT2D eigenvalue weighted by Gasteiger charge is 2.36. The molecule has 8 aromatic rings. The third kappa shape index (κ3) is 6.27. The van der Waals surface area contributed by atoms with Crippen LogP contribution in [0.4, 0.5) is 0 Å². The van der Waals surface area contributed by atoms with Crippen LogP contribution < -0.4 is 0 Å². The molecule has 6 aromatic carbocycles. The molecule has 1 aliphatic heterocycles. The fraction of sp³-hybridized carbons (Fsp3) is 0.304. The Labute approximate surface area is 365 Å². The predicted octanol–water partition coefficient (Wildman–Crippen LogP) is 13.8. The Morgan fingerprint density at radius 1 is 0.435 bits per heavy atom. The van der Waals surface area contributed by atoms with Crippen LogP contribution in [-0.4, -0.2) is 32.9 Å². The second-order valence-corrected chi connectivity index (χ2v) is 21.5. The van der Waals surface area contributed by atoms with Gasteiger partial charge in [0.05, 0.1) is 56.2 Å². The summed E-state index contributed by atoms with van der Waals surface area (Å²) in [6.07, 6.45) is 0. The second kappa shape index (κ2) is 13.5. The van der Waals surface area contributed by atoms with Crippen LogP contribution in [-0.2, 0) is 21.7 Å². The quantitative estimate of drug-likeness (QED) is 0.167. The summed E-state index contributed by atoms with van der Waals surface area (Å²) in [6.45, 7) is 27.0. The van der Waals surface area contributed by atoms with Crippen molar-refractivity contribution in [2.75, 3.05) is 7.05 Å². The minimum Gasteiger partial charge on any atom is -0.307 e. The molecule has 6 heteroatoms. The van der Waals surface area contributed by atoms with Crippen molar-refractivity contribution in [1.29, 1.82) is 5.26 Å². The van der Waals surface area contributed by atoms with Crippen molar-refractivity contribution in [1.82, 2.24) is 14.0 Å². The van der Waals surface area contributed by atoms with Crippen LogP contribution >= 0.6 is 0 Å². The lowest BCUT2D eigenvalue weighted by atomic mass is 9.85. The molecule has 6 nitrogen and oxygen atoms in total. The van der Waals surface area contributed by atoms with E-state index in [1.54, 1.807) is 6.07 Å². The molecule has 0 saturated carbocycles. The van der Waals surface area contributed by atoms with Crippen molar-refractivity contribution in [2.45, 2.75) is 105 Å². The molecule has 0 N–H and O–H groups in total. The van der Waals surface area contributed by atoms with Gasteiger partial charge in [0, 0.05) is 34.2 Å². The van der Waals surface area contributed by atoms with E-state index in [9.17, 15) is 14.9 Å². The summed E-state index contributed by atoms with van der Waals surface area (Å²) in [6, 6.07) is 39.2. The molecule has 62 heavy (non-hydrogen) atoms. The Balaban J connectivity index is 1.48. The molecule has 312 valence electrons. The fourth-order valence-corrected chi connectivity index (χ4v) is 9.31. The van der Waals surface area contributed by atoms with E-state index in [0.29, 0.717) is 27.8 Å². The standard InChI is InChI=1S/C56H56N4O2/c1-53(2,3)33-17-21-44-40(26-33)41-27-34(54(4,5)6)18-22-45(41)59(44)48-25-32(31-57)39(37-15-14-16-38-50(37)52(62)58(13)51(38)61)30-49(48)60-46-23-19-35(55(7,8)9)28-42(46)43-29-36(56(10,11)12)20-24-47(43)60/h14-30H,1-13H3. The number of imide groups is 1. The van der Waals surface area contributed by atoms with Crippen molar-refractivity contribution >= 4 is 55.4 Å². The van der Waals surface area contributed by atoms with Crippen molar-refractivity contribution < 1.29 is 9.59 Å². The molecule has 0 unspecified atom stereocenters. The maximum atomic E-state index is 13.8. The lowest BCUT2D eigenvalue weighted by molar-refractivity contribution is 0.0693. The van der Waals surface area contributed by atoms with Crippen molar-refractivity contribution in [3.63, 3.8) is 0 Å². The van der Waals surface area contributed by atoms with Crippen LogP contribution in [0.1, 0.15) is 132 Å². The predicted molar refractivity (Wildman–Crippen MR) is 256 cm³/mol. The van der Waals surface area contributed by atoms with Gasteiger partial charge in [-0.05, 0) is 116 Å². The van der Waals surface area contributed by atoms with E-state index in [0.717, 1.165) is 59.9 Å². The van der Waals surface area contributed by atoms with Crippen molar-refractivity contribution in [3.05, 3.63) is 142 Å². The molecule has 0 bridgehead atoms. The van der Waals surface area contributed by atoms with Gasteiger partial charge in [0.1, 0.15) is 0 Å². The zero-order valence-electron chi connectivity index (χ0n) is 38.4. The number of nitriles is 1. The number of benzene rings is 6. The van der Waals surface area contributed by atoms with E-state index in [2.05, 4.69) is 177 Å². The Hall–Kier alpha value is -6.45. The van der Waals surface area contributed by atoms with Crippen LogP contribution in [0.2, 0.25) is 0 Å². The number of hydrogen-bond acceptors (Lipinski definition) is 3. The highest BCUT2D eigenvalue weighted by molar-refractivity contribution is 6.24. The SMILES string of the molecule is CN1C(=O)c2cccc(-c3cc(-n4c5ccc(C(C)(C)C)cc5c5cc(C(C)(C)C)ccc54)c(-n4c5ccc(C(C)(C)C)cc5c5cc(C(C)(C)C)ccc54)cc3C#N)c2C1=O. The first kappa shape index (κ1) is 40.9. The molecule has 2 aromatic heterocycles. The largest absolute Gasteiger partial charge is 0.307 e. The zero-order valence-corrected chi connectivity index (χ0v) is 38.4. The van der Waals surface area contributed by atoms with E-state index < -0.39 is 0 Å². The lowest BCUT2D eigenvalue weighted by Crippen LogP contribution is -2.24. The number of carbonyl (C=O) groups is 2. The molecule has 2 amide bonds. The number of carbonyl (C=O) groups excluding carboxylic acids is 2. The second-order valence-electron chi connectivity index (χ2n) is 21.5. The Morgan fingerprint density at radius 2 is 0.790 bits per heavy atom. The van der Waals surface area contributed by atoms with Gasteiger partial charge in [0.25, 0.3) is 11.8 Å². The average molecular weight is 817 g/mol. The topological polar surface area (TPSA) is 71.0 Å². The van der Waals surface area contributed by atoms with Crippen LogP contribution in [0.15, 0.2) is 103 Å². The molecule has 0 fully saturated rings. The number of fused-ring (bicyclic) bond motifs is 7. The number of amides is 2. The normalized spacial score (nSPS) is 13.9. The van der Waals surface area contributed by atoms with Gasteiger partial charge in [-0.15, -0.1) is 0 Å². The first-order valence-electron chi connectivity index (χ1n) is 21.7.